The molecule has 0 saturated heterocycles. The summed E-state index contributed by atoms with van der Waals surface area (Å²) in [6.45, 7) is 1.88. The molecule has 8 nitrogen and oxygen atoms in total. The molecule has 0 aliphatic heterocycles. The van der Waals surface area contributed by atoms with Gasteiger partial charge in [0.25, 0.3) is 5.69 Å². The Balaban J connectivity index is 2.96. The van der Waals surface area contributed by atoms with Gasteiger partial charge in [0.05, 0.1) is 31.3 Å². The zero-order valence-corrected chi connectivity index (χ0v) is 9.99. The number of nitro groups is 1. The monoisotopic (exact) mass is 252 g/mol. The number of benzene rings is 1. The van der Waals surface area contributed by atoms with Gasteiger partial charge in [-0.2, -0.15) is 0 Å². The van der Waals surface area contributed by atoms with Crippen LogP contribution in [0.1, 0.15) is 5.56 Å². The molecule has 0 unspecified atom stereocenters. The van der Waals surface area contributed by atoms with Gasteiger partial charge in [0, 0.05) is 10.5 Å². The van der Waals surface area contributed by atoms with E-state index in [0.717, 1.165) is 0 Å². The largest absolute Gasteiger partial charge is 0.493 e. The smallest absolute Gasteiger partial charge is 0.276 e. The van der Waals surface area contributed by atoms with Crippen molar-refractivity contribution in [1.29, 1.82) is 0 Å². The minimum absolute atomic E-state index is 0.0467. The lowest BCUT2D eigenvalue weighted by atomic mass is 10.2. The molecule has 0 aliphatic carbocycles. The van der Waals surface area contributed by atoms with Crippen LogP contribution in [-0.4, -0.2) is 25.2 Å². The maximum Gasteiger partial charge on any atom is 0.276 e. The van der Waals surface area contributed by atoms with Crippen LogP contribution in [0.15, 0.2) is 17.2 Å². The lowest BCUT2D eigenvalue weighted by Gasteiger charge is -2.10. The van der Waals surface area contributed by atoms with Crippen LogP contribution < -0.4 is 9.47 Å². The Labute approximate surface area is 103 Å². The Bertz CT molecular complexity index is 497. The maximum absolute atomic E-state index is 10.8. The molecule has 0 aromatic heterocycles. The van der Waals surface area contributed by atoms with Crippen molar-refractivity contribution in [2.24, 2.45) is 5.11 Å². The van der Waals surface area contributed by atoms with Gasteiger partial charge >= 0.3 is 0 Å². The second-order valence-corrected chi connectivity index (χ2v) is 3.35. The first-order chi connectivity index (χ1) is 8.60. The molecule has 1 aromatic carbocycles. The number of nitro benzene ring substituents is 1. The molecule has 1 rings (SSSR count). The van der Waals surface area contributed by atoms with Gasteiger partial charge in [0.1, 0.15) is 0 Å². The zero-order chi connectivity index (χ0) is 13.5. The van der Waals surface area contributed by atoms with Gasteiger partial charge < -0.3 is 9.47 Å². The van der Waals surface area contributed by atoms with Crippen molar-refractivity contribution in [1.82, 2.24) is 0 Å². The number of hydrogen-bond acceptors (Lipinski definition) is 5. The Morgan fingerprint density at radius 2 is 2.22 bits per heavy atom. The van der Waals surface area contributed by atoms with Gasteiger partial charge in [-0.3, -0.25) is 10.1 Å². The molecule has 0 fully saturated rings. The fourth-order valence-electron chi connectivity index (χ4n) is 1.36. The Kier molecular flexibility index (Phi) is 4.77. The molecule has 0 spiro atoms. The van der Waals surface area contributed by atoms with Crippen LogP contribution in [0, 0.1) is 17.0 Å². The summed E-state index contributed by atoms with van der Waals surface area (Å²) in [5.41, 5.74) is 8.55. The molecular weight excluding hydrogens is 240 g/mol. The second kappa shape index (κ2) is 6.31. The van der Waals surface area contributed by atoms with Crippen LogP contribution in [0.3, 0.4) is 0 Å². The molecule has 1 aromatic rings. The molecule has 0 amide bonds. The van der Waals surface area contributed by atoms with Crippen LogP contribution in [-0.2, 0) is 0 Å². The van der Waals surface area contributed by atoms with Crippen molar-refractivity contribution in [3.63, 3.8) is 0 Å². The summed E-state index contributed by atoms with van der Waals surface area (Å²) in [6, 6.07) is 2.82. The summed E-state index contributed by atoms with van der Waals surface area (Å²) in [4.78, 5) is 12.9. The lowest BCUT2D eigenvalue weighted by Crippen LogP contribution is -2.03. The van der Waals surface area contributed by atoms with Gasteiger partial charge in [-0.25, -0.2) is 0 Å². The minimum Gasteiger partial charge on any atom is -0.493 e. The van der Waals surface area contributed by atoms with Gasteiger partial charge in [-0.05, 0) is 18.5 Å². The molecule has 18 heavy (non-hydrogen) atoms. The van der Waals surface area contributed by atoms with Crippen molar-refractivity contribution in [2.75, 3.05) is 20.3 Å². The molecule has 8 heteroatoms. The number of rotatable bonds is 6. The van der Waals surface area contributed by atoms with E-state index in [2.05, 4.69) is 10.0 Å². The first kappa shape index (κ1) is 13.6. The number of ether oxygens (including phenoxy) is 2. The van der Waals surface area contributed by atoms with Crippen molar-refractivity contribution in [3.05, 3.63) is 38.3 Å². The number of aryl methyl sites for hydroxylation is 1. The highest BCUT2D eigenvalue weighted by Crippen LogP contribution is 2.34. The van der Waals surface area contributed by atoms with E-state index in [0.29, 0.717) is 11.3 Å². The van der Waals surface area contributed by atoms with Crippen molar-refractivity contribution in [2.45, 2.75) is 6.92 Å². The molecule has 0 heterocycles. The second-order valence-electron chi connectivity index (χ2n) is 3.35. The van der Waals surface area contributed by atoms with Gasteiger partial charge in [0.2, 0.25) is 0 Å². The molecule has 0 aliphatic rings. The predicted octanol–water partition coefficient (Wildman–Crippen LogP) is 2.60. The highest BCUT2D eigenvalue weighted by Gasteiger charge is 2.16. The number of methoxy groups -OCH3 is 1. The standard InChI is InChI=1S/C10H12N4O4/c1-7-5-9(17-2)10(6-8(7)14(15)16)18-4-3-12-13-11/h5-6H,3-4H2,1-2H3. The first-order valence-electron chi connectivity index (χ1n) is 5.06. The minimum atomic E-state index is -0.491. The number of hydrogen-bond donors (Lipinski definition) is 0. The van der Waals surface area contributed by atoms with Gasteiger partial charge in [0.15, 0.2) is 11.5 Å². The highest BCUT2D eigenvalue weighted by atomic mass is 16.6. The normalized spacial score (nSPS) is 9.44. The summed E-state index contributed by atoms with van der Waals surface area (Å²) >= 11 is 0. The lowest BCUT2D eigenvalue weighted by molar-refractivity contribution is -0.385. The van der Waals surface area contributed by atoms with E-state index in [9.17, 15) is 10.1 Å². The zero-order valence-electron chi connectivity index (χ0n) is 9.99. The maximum atomic E-state index is 10.8. The summed E-state index contributed by atoms with van der Waals surface area (Å²) < 4.78 is 10.3. The van der Waals surface area contributed by atoms with E-state index >= 15 is 0 Å². The Hall–Kier alpha value is -2.47. The van der Waals surface area contributed by atoms with Crippen molar-refractivity contribution < 1.29 is 14.4 Å². The highest BCUT2D eigenvalue weighted by molar-refractivity contribution is 5.53. The van der Waals surface area contributed by atoms with E-state index < -0.39 is 4.92 Å². The molecule has 0 saturated carbocycles. The van der Waals surface area contributed by atoms with Crippen LogP contribution >= 0.6 is 0 Å². The molecule has 0 N–H and O–H groups in total. The van der Waals surface area contributed by atoms with Gasteiger partial charge in [-0.1, -0.05) is 5.11 Å². The summed E-state index contributed by atoms with van der Waals surface area (Å²) in [6.07, 6.45) is 0. The molecular formula is C10H12N4O4. The van der Waals surface area contributed by atoms with E-state index in [4.69, 9.17) is 15.0 Å². The fraction of sp³-hybridized carbons (Fsp3) is 0.400. The van der Waals surface area contributed by atoms with Crippen LogP contribution in [0.2, 0.25) is 0 Å². The van der Waals surface area contributed by atoms with Crippen LogP contribution in [0.4, 0.5) is 5.69 Å². The Morgan fingerprint density at radius 1 is 1.50 bits per heavy atom. The molecule has 0 bridgehead atoms. The molecule has 0 atom stereocenters. The average molecular weight is 252 g/mol. The molecule has 0 radical (unpaired) electrons. The van der Waals surface area contributed by atoms with Crippen molar-refractivity contribution >= 4 is 5.69 Å². The summed E-state index contributed by atoms with van der Waals surface area (Å²) in [7, 11) is 1.45. The predicted molar refractivity (Wildman–Crippen MR) is 63.9 cm³/mol. The molecule has 96 valence electrons. The fourth-order valence-corrected chi connectivity index (χ4v) is 1.36. The van der Waals surface area contributed by atoms with E-state index in [1.54, 1.807) is 6.92 Å². The van der Waals surface area contributed by atoms with Crippen LogP contribution in [0.5, 0.6) is 11.5 Å². The third-order valence-corrected chi connectivity index (χ3v) is 2.19. The number of nitrogens with zero attached hydrogens (tertiary/aromatic N) is 4. The van der Waals surface area contributed by atoms with Gasteiger partial charge in [-0.15, -0.1) is 0 Å². The summed E-state index contributed by atoms with van der Waals surface area (Å²) in [5.74, 6) is 0.655. The van der Waals surface area contributed by atoms with Crippen molar-refractivity contribution in [3.8, 4) is 11.5 Å². The van der Waals surface area contributed by atoms with E-state index in [-0.39, 0.29) is 24.6 Å². The third-order valence-electron chi connectivity index (χ3n) is 2.19. The third kappa shape index (κ3) is 3.26. The average Bonchev–Trinajstić information content (AvgIpc) is 2.35. The topological polar surface area (TPSA) is 110 Å². The number of azide groups is 1. The SMILES string of the molecule is COc1cc(C)c([N+](=O)[O-])cc1OCCN=[N+]=[N-]. The summed E-state index contributed by atoms with van der Waals surface area (Å²) in [5, 5.41) is 14.1. The Morgan fingerprint density at radius 3 is 2.78 bits per heavy atom. The first-order valence-corrected chi connectivity index (χ1v) is 5.06. The van der Waals surface area contributed by atoms with E-state index in [1.165, 1.54) is 19.2 Å². The quantitative estimate of drug-likeness (QED) is 0.193. The van der Waals surface area contributed by atoms with Crippen LogP contribution in [0.25, 0.3) is 10.4 Å². The van der Waals surface area contributed by atoms with E-state index in [1.807, 2.05) is 0 Å².